The summed E-state index contributed by atoms with van der Waals surface area (Å²) in [5, 5.41) is 11.4. The van der Waals surface area contributed by atoms with Crippen LogP contribution in [0.3, 0.4) is 0 Å². The number of carboxylic acid groups (broad SMARTS) is 1. The predicted octanol–water partition coefficient (Wildman–Crippen LogP) is 4.22. The van der Waals surface area contributed by atoms with Crippen LogP contribution in [0.5, 0.6) is 5.75 Å². The fourth-order valence-corrected chi connectivity index (χ4v) is 4.15. The van der Waals surface area contributed by atoms with Crippen LogP contribution in [0.4, 0.5) is 0 Å². The van der Waals surface area contributed by atoms with Crippen molar-refractivity contribution in [1.29, 1.82) is 0 Å². The van der Waals surface area contributed by atoms with Gasteiger partial charge in [-0.05, 0) is 41.6 Å². The quantitative estimate of drug-likeness (QED) is 0.637. The third-order valence-corrected chi connectivity index (χ3v) is 5.84. The minimum absolute atomic E-state index is 0.314. The van der Waals surface area contributed by atoms with E-state index < -0.39 is 24.2 Å². The van der Waals surface area contributed by atoms with Gasteiger partial charge in [-0.25, -0.2) is 4.79 Å². The molecule has 2 aromatic carbocycles. The number of hydrogen-bond donors (Lipinski definition) is 1. The van der Waals surface area contributed by atoms with Gasteiger partial charge in [-0.2, -0.15) is 0 Å². The number of β-lactam (4-membered cyclic amide) rings is 1. The molecule has 0 saturated carbocycles. The summed E-state index contributed by atoms with van der Waals surface area (Å²) >= 11 is 1.66. The molecule has 4 rings (SSSR count). The van der Waals surface area contributed by atoms with E-state index in [1.165, 1.54) is 11.8 Å². The molecule has 1 aliphatic heterocycles. The molecule has 0 spiro atoms. The molecule has 1 saturated heterocycles. The van der Waals surface area contributed by atoms with E-state index in [1.807, 2.05) is 60.0 Å². The molecule has 5 nitrogen and oxygen atoms in total. The predicted molar refractivity (Wildman–Crippen MR) is 107 cm³/mol. The molecular weight excluding hydrogens is 374 g/mol. The maximum Gasteiger partial charge on any atom is 0.326 e. The molecule has 1 N–H and O–H groups in total. The maximum atomic E-state index is 12.7. The first-order chi connectivity index (χ1) is 13.6. The van der Waals surface area contributed by atoms with Crippen LogP contribution in [0.15, 0.2) is 72.1 Å². The average molecular weight is 393 g/mol. The average Bonchev–Trinajstić information content (AvgIpc) is 3.25. The number of thiophene rings is 1. The summed E-state index contributed by atoms with van der Waals surface area (Å²) in [6.45, 7) is 1.52. The van der Waals surface area contributed by atoms with Crippen LogP contribution in [0, 0.1) is 0 Å². The van der Waals surface area contributed by atoms with Crippen LogP contribution in [-0.2, 0) is 9.59 Å². The van der Waals surface area contributed by atoms with E-state index in [9.17, 15) is 14.7 Å². The van der Waals surface area contributed by atoms with E-state index in [1.54, 1.807) is 23.5 Å². The largest absolute Gasteiger partial charge is 0.480 e. The van der Waals surface area contributed by atoms with Gasteiger partial charge in [0, 0.05) is 4.88 Å². The molecule has 1 aliphatic rings. The van der Waals surface area contributed by atoms with Gasteiger partial charge < -0.3 is 14.7 Å². The Hall–Kier alpha value is -3.12. The number of hydrogen-bond acceptors (Lipinski definition) is 4. The Morgan fingerprint density at radius 2 is 1.79 bits per heavy atom. The van der Waals surface area contributed by atoms with Crippen LogP contribution in [-0.4, -0.2) is 34.0 Å². The number of ether oxygens (including phenoxy) is 1. The minimum Gasteiger partial charge on any atom is -0.480 e. The smallest absolute Gasteiger partial charge is 0.326 e. The number of benzene rings is 2. The first kappa shape index (κ1) is 18.3. The fraction of sp³-hybridized carbons (Fsp3) is 0.182. The summed E-state index contributed by atoms with van der Waals surface area (Å²) in [6.07, 6.45) is -0.739. The summed E-state index contributed by atoms with van der Waals surface area (Å²) in [7, 11) is 0. The monoisotopic (exact) mass is 393 g/mol. The van der Waals surface area contributed by atoms with Gasteiger partial charge in [-0.3, -0.25) is 4.79 Å². The molecule has 3 aromatic rings. The first-order valence-corrected chi connectivity index (χ1v) is 9.85. The van der Waals surface area contributed by atoms with Gasteiger partial charge >= 0.3 is 5.97 Å². The Morgan fingerprint density at radius 3 is 2.39 bits per heavy atom. The molecule has 2 heterocycles. The highest BCUT2D eigenvalue weighted by Gasteiger charge is 2.53. The van der Waals surface area contributed by atoms with Crippen molar-refractivity contribution in [3.05, 3.63) is 77.7 Å². The van der Waals surface area contributed by atoms with E-state index in [0.29, 0.717) is 5.75 Å². The van der Waals surface area contributed by atoms with Gasteiger partial charge in [-0.15, -0.1) is 11.3 Å². The second-order valence-corrected chi connectivity index (χ2v) is 7.60. The van der Waals surface area contributed by atoms with Crippen molar-refractivity contribution in [1.82, 2.24) is 4.90 Å². The Kier molecular flexibility index (Phi) is 4.88. The van der Waals surface area contributed by atoms with Gasteiger partial charge in [0.25, 0.3) is 5.91 Å². The molecule has 1 aromatic heterocycles. The number of likely N-dealkylation sites (tertiary alicyclic amines) is 1. The number of carboxylic acids is 1. The molecule has 1 fully saturated rings. The van der Waals surface area contributed by atoms with E-state index >= 15 is 0 Å². The summed E-state index contributed by atoms with van der Waals surface area (Å²) in [4.78, 5) is 26.7. The number of carbonyl (C=O) groups excluding carboxylic acids is 1. The SMILES string of the molecule is C[C@@H](C(=O)O)N1C(=O)[C@H](Oc2ccccc2)[C@@H]1c1ccc(-c2cccs2)cc1. The van der Waals surface area contributed by atoms with Gasteiger partial charge in [-0.1, -0.05) is 48.5 Å². The number of carbonyl (C=O) groups is 2. The van der Waals surface area contributed by atoms with Crippen molar-refractivity contribution >= 4 is 23.2 Å². The van der Waals surface area contributed by atoms with Crippen LogP contribution in [0.25, 0.3) is 10.4 Å². The van der Waals surface area contributed by atoms with Crippen molar-refractivity contribution in [2.45, 2.75) is 25.1 Å². The first-order valence-electron chi connectivity index (χ1n) is 8.97. The molecule has 1 amide bonds. The van der Waals surface area contributed by atoms with Gasteiger partial charge in [0.1, 0.15) is 17.8 Å². The maximum absolute atomic E-state index is 12.7. The Bertz CT molecular complexity index is 970. The highest BCUT2D eigenvalue weighted by molar-refractivity contribution is 7.13. The third kappa shape index (κ3) is 3.27. The number of amides is 1. The molecule has 142 valence electrons. The van der Waals surface area contributed by atoms with Crippen LogP contribution in [0.1, 0.15) is 18.5 Å². The number of aliphatic carboxylic acids is 1. The normalized spacial score (nSPS) is 19.8. The van der Waals surface area contributed by atoms with Crippen molar-refractivity contribution in [2.75, 3.05) is 0 Å². The van der Waals surface area contributed by atoms with Crippen molar-refractivity contribution in [3.63, 3.8) is 0 Å². The number of para-hydroxylation sites is 1. The summed E-state index contributed by atoms with van der Waals surface area (Å²) < 4.78 is 5.91. The van der Waals surface area contributed by atoms with Gasteiger partial charge in [0.05, 0.1) is 0 Å². The molecular formula is C22H19NO4S. The van der Waals surface area contributed by atoms with Crippen molar-refractivity contribution in [2.24, 2.45) is 0 Å². The lowest BCUT2D eigenvalue weighted by atomic mass is 9.88. The topological polar surface area (TPSA) is 66.8 Å². The molecule has 0 bridgehead atoms. The molecule has 28 heavy (non-hydrogen) atoms. The van der Waals surface area contributed by atoms with E-state index in [0.717, 1.165) is 16.0 Å². The Morgan fingerprint density at radius 1 is 1.07 bits per heavy atom. The zero-order chi connectivity index (χ0) is 19.7. The van der Waals surface area contributed by atoms with Crippen molar-refractivity contribution in [3.8, 4) is 16.2 Å². The van der Waals surface area contributed by atoms with Crippen LogP contribution >= 0.6 is 11.3 Å². The molecule has 6 heteroatoms. The molecule has 0 radical (unpaired) electrons. The summed E-state index contributed by atoms with van der Waals surface area (Å²) in [5.41, 5.74) is 1.94. The molecule has 0 unspecified atom stereocenters. The standard InChI is InChI=1S/C22H19NO4S/c1-14(22(25)26)23-19(20(21(23)24)27-17-6-3-2-4-7-17)16-11-9-15(10-12-16)18-8-5-13-28-18/h2-14,19-20H,1H3,(H,25,26)/t14-,19-,20+/m0/s1. The van der Waals surface area contributed by atoms with Crippen LogP contribution in [0.2, 0.25) is 0 Å². The van der Waals surface area contributed by atoms with Crippen LogP contribution < -0.4 is 4.74 Å². The lowest BCUT2D eigenvalue weighted by Crippen LogP contribution is -2.65. The van der Waals surface area contributed by atoms with Gasteiger partial charge in [0.2, 0.25) is 6.10 Å². The molecule has 3 atom stereocenters. The second-order valence-electron chi connectivity index (χ2n) is 6.66. The lowest BCUT2D eigenvalue weighted by molar-refractivity contribution is -0.175. The number of nitrogens with zero attached hydrogens (tertiary/aromatic N) is 1. The fourth-order valence-electron chi connectivity index (χ4n) is 3.42. The van der Waals surface area contributed by atoms with E-state index in [-0.39, 0.29) is 5.91 Å². The summed E-state index contributed by atoms with van der Waals surface area (Å²) in [5.74, 6) is -0.763. The highest BCUT2D eigenvalue weighted by Crippen LogP contribution is 2.40. The van der Waals surface area contributed by atoms with E-state index in [2.05, 4.69) is 0 Å². The minimum atomic E-state index is -1.04. The molecule has 0 aliphatic carbocycles. The summed E-state index contributed by atoms with van der Waals surface area (Å²) in [6, 6.07) is 19.6. The Labute approximate surface area is 166 Å². The zero-order valence-electron chi connectivity index (χ0n) is 15.2. The second kappa shape index (κ2) is 7.48. The van der Waals surface area contributed by atoms with E-state index in [4.69, 9.17) is 4.74 Å². The Balaban J connectivity index is 1.64. The highest BCUT2D eigenvalue weighted by atomic mass is 32.1. The number of rotatable bonds is 6. The lowest BCUT2D eigenvalue weighted by Gasteiger charge is -2.48. The van der Waals surface area contributed by atoms with Gasteiger partial charge in [0.15, 0.2) is 0 Å². The van der Waals surface area contributed by atoms with Crippen molar-refractivity contribution < 1.29 is 19.4 Å². The zero-order valence-corrected chi connectivity index (χ0v) is 16.0. The third-order valence-electron chi connectivity index (χ3n) is 4.92.